The Balaban J connectivity index is 1.71. The minimum absolute atomic E-state index is 0.232. The lowest BCUT2D eigenvalue weighted by molar-refractivity contribution is 0.0973. The van der Waals surface area contributed by atoms with E-state index in [9.17, 15) is 4.79 Å². The molecule has 0 saturated carbocycles. The molecule has 0 unspecified atom stereocenters. The summed E-state index contributed by atoms with van der Waals surface area (Å²) in [6, 6.07) is 19.3. The average molecular weight is 457 g/mol. The van der Waals surface area contributed by atoms with Crippen molar-refractivity contribution in [2.45, 2.75) is 13.8 Å². The number of benzene rings is 3. The van der Waals surface area contributed by atoms with Crippen LogP contribution in [-0.4, -0.2) is 17.6 Å². The van der Waals surface area contributed by atoms with E-state index < -0.39 is 0 Å². The lowest BCUT2D eigenvalue weighted by Gasteiger charge is -2.15. The van der Waals surface area contributed by atoms with Gasteiger partial charge in [0, 0.05) is 10.2 Å². The maximum atomic E-state index is 12.7. The van der Waals surface area contributed by atoms with Crippen LogP contribution in [0.3, 0.4) is 0 Å². The van der Waals surface area contributed by atoms with Gasteiger partial charge in [0.25, 0.3) is 5.91 Å². The van der Waals surface area contributed by atoms with Crippen LogP contribution in [0, 0.1) is 5.92 Å². The van der Waals surface area contributed by atoms with Crippen molar-refractivity contribution in [1.29, 1.82) is 0 Å². The van der Waals surface area contributed by atoms with Gasteiger partial charge < -0.3 is 10.1 Å². The summed E-state index contributed by atoms with van der Waals surface area (Å²) in [7, 11) is 0. The zero-order chi connectivity index (χ0) is 20.1. The van der Waals surface area contributed by atoms with Gasteiger partial charge in [-0.3, -0.25) is 10.1 Å². The highest BCUT2D eigenvalue weighted by Crippen LogP contribution is 2.24. The Bertz CT molecular complexity index is 1020. The lowest BCUT2D eigenvalue weighted by Crippen LogP contribution is -2.34. The number of thiocarbonyl (C=S) groups is 1. The minimum atomic E-state index is -0.321. The summed E-state index contributed by atoms with van der Waals surface area (Å²) in [5.74, 6) is 0.566. The van der Waals surface area contributed by atoms with Crippen molar-refractivity contribution in [2.75, 3.05) is 11.9 Å². The van der Waals surface area contributed by atoms with E-state index in [1.54, 1.807) is 12.1 Å². The summed E-state index contributed by atoms with van der Waals surface area (Å²) in [5, 5.41) is 8.26. The molecule has 3 rings (SSSR count). The van der Waals surface area contributed by atoms with Crippen LogP contribution in [0.25, 0.3) is 10.8 Å². The molecule has 0 saturated heterocycles. The normalized spacial score (nSPS) is 10.7. The first-order valence-corrected chi connectivity index (χ1v) is 10.2. The first-order chi connectivity index (χ1) is 13.4. The predicted octanol–water partition coefficient (Wildman–Crippen LogP) is 5.76. The molecule has 28 heavy (non-hydrogen) atoms. The Morgan fingerprint density at radius 2 is 1.82 bits per heavy atom. The van der Waals surface area contributed by atoms with Crippen molar-refractivity contribution < 1.29 is 9.53 Å². The molecule has 0 aromatic heterocycles. The van der Waals surface area contributed by atoms with E-state index in [0.29, 0.717) is 23.8 Å². The number of ether oxygens (including phenoxy) is 1. The summed E-state index contributed by atoms with van der Waals surface area (Å²) < 4.78 is 6.57. The van der Waals surface area contributed by atoms with Gasteiger partial charge in [-0.1, -0.05) is 60.1 Å². The molecule has 0 aliphatic rings. The first-order valence-electron chi connectivity index (χ1n) is 8.96. The van der Waals surface area contributed by atoms with E-state index in [0.717, 1.165) is 20.9 Å². The topological polar surface area (TPSA) is 50.4 Å². The molecule has 3 aromatic rings. The van der Waals surface area contributed by atoms with Crippen molar-refractivity contribution in [2.24, 2.45) is 5.92 Å². The van der Waals surface area contributed by atoms with Crippen LogP contribution in [-0.2, 0) is 0 Å². The standard InChI is InChI=1S/C22H21BrN2O2S/c1-14(2)13-27-20-10-8-17(23)12-19(20)21(26)25-22(28)24-18-9-7-15-5-3-4-6-16(15)11-18/h3-12,14H,13H2,1-2H3,(H2,24,25,26,28). The predicted molar refractivity (Wildman–Crippen MR) is 122 cm³/mol. The number of hydrogen-bond donors (Lipinski definition) is 2. The van der Waals surface area contributed by atoms with Gasteiger partial charge >= 0.3 is 0 Å². The molecule has 2 N–H and O–H groups in total. The van der Waals surface area contributed by atoms with Crippen molar-refractivity contribution in [3.05, 3.63) is 70.7 Å². The third kappa shape index (κ3) is 5.30. The fraction of sp³-hybridized carbons (Fsp3) is 0.182. The molecule has 0 bridgehead atoms. The number of nitrogens with one attached hydrogen (secondary N) is 2. The molecule has 6 heteroatoms. The number of anilines is 1. The molecule has 0 radical (unpaired) electrons. The van der Waals surface area contributed by atoms with Crippen LogP contribution in [0.2, 0.25) is 0 Å². The molecular weight excluding hydrogens is 436 g/mol. The highest BCUT2D eigenvalue weighted by Gasteiger charge is 2.15. The summed E-state index contributed by atoms with van der Waals surface area (Å²) in [4.78, 5) is 12.7. The molecule has 3 aromatic carbocycles. The summed E-state index contributed by atoms with van der Waals surface area (Å²) in [6.45, 7) is 4.64. The Kier molecular flexibility index (Phi) is 6.65. The van der Waals surface area contributed by atoms with Crippen molar-refractivity contribution >= 4 is 55.6 Å². The maximum Gasteiger partial charge on any atom is 0.261 e. The number of rotatable bonds is 5. The largest absolute Gasteiger partial charge is 0.492 e. The number of amides is 1. The molecule has 0 aliphatic heterocycles. The van der Waals surface area contributed by atoms with Crippen molar-refractivity contribution in [1.82, 2.24) is 5.32 Å². The third-order valence-corrected chi connectivity index (χ3v) is 4.69. The Morgan fingerprint density at radius 1 is 1.07 bits per heavy atom. The molecule has 1 amide bonds. The SMILES string of the molecule is CC(C)COc1ccc(Br)cc1C(=O)NC(=S)Nc1ccc2ccccc2c1. The number of halogens is 1. The zero-order valence-electron chi connectivity index (χ0n) is 15.7. The zero-order valence-corrected chi connectivity index (χ0v) is 18.1. The molecule has 144 valence electrons. The summed E-state index contributed by atoms with van der Waals surface area (Å²) in [5.41, 5.74) is 1.24. The van der Waals surface area contributed by atoms with E-state index >= 15 is 0 Å². The van der Waals surface area contributed by atoms with Crippen LogP contribution in [0.4, 0.5) is 5.69 Å². The molecule has 0 heterocycles. The van der Waals surface area contributed by atoms with Gasteiger partial charge in [-0.2, -0.15) is 0 Å². The van der Waals surface area contributed by atoms with Crippen LogP contribution >= 0.6 is 28.1 Å². The second-order valence-electron chi connectivity index (χ2n) is 6.82. The smallest absolute Gasteiger partial charge is 0.261 e. The second kappa shape index (κ2) is 9.17. The Hall–Kier alpha value is -2.44. The summed E-state index contributed by atoms with van der Waals surface area (Å²) in [6.07, 6.45) is 0. The molecule has 4 nitrogen and oxygen atoms in total. The average Bonchev–Trinajstić information content (AvgIpc) is 2.66. The lowest BCUT2D eigenvalue weighted by atomic mass is 10.1. The van der Waals surface area contributed by atoms with Gasteiger partial charge in [0.1, 0.15) is 5.75 Å². The monoisotopic (exact) mass is 456 g/mol. The quantitative estimate of drug-likeness (QED) is 0.478. The van der Waals surface area contributed by atoms with Gasteiger partial charge in [-0.05, 0) is 59.2 Å². The van der Waals surface area contributed by atoms with E-state index in [1.807, 2.05) is 48.5 Å². The number of carbonyl (C=O) groups excluding carboxylic acids is 1. The Morgan fingerprint density at radius 3 is 2.57 bits per heavy atom. The number of carbonyl (C=O) groups is 1. The molecule has 0 aliphatic carbocycles. The fourth-order valence-corrected chi connectivity index (χ4v) is 3.23. The van der Waals surface area contributed by atoms with Gasteiger partial charge in [0.15, 0.2) is 5.11 Å². The van der Waals surface area contributed by atoms with Crippen molar-refractivity contribution in [3.63, 3.8) is 0 Å². The fourth-order valence-electron chi connectivity index (χ4n) is 2.66. The van der Waals surface area contributed by atoms with E-state index in [-0.39, 0.29) is 11.0 Å². The van der Waals surface area contributed by atoms with Gasteiger partial charge in [0.05, 0.1) is 12.2 Å². The third-order valence-electron chi connectivity index (χ3n) is 3.99. The van der Waals surface area contributed by atoms with Crippen LogP contribution in [0.5, 0.6) is 5.75 Å². The van der Waals surface area contributed by atoms with Gasteiger partial charge in [-0.25, -0.2) is 0 Å². The van der Waals surface area contributed by atoms with E-state index in [4.69, 9.17) is 17.0 Å². The molecule has 0 atom stereocenters. The van der Waals surface area contributed by atoms with E-state index in [2.05, 4.69) is 40.4 Å². The number of fused-ring (bicyclic) bond motifs is 1. The van der Waals surface area contributed by atoms with Crippen LogP contribution < -0.4 is 15.4 Å². The molecular formula is C22H21BrN2O2S. The van der Waals surface area contributed by atoms with E-state index in [1.165, 1.54) is 0 Å². The number of hydrogen-bond acceptors (Lipinski definition) is 3. The first kappa shape index (κ1) is 20.3. The van der Waals surface area contributed by atoms with Crippen LogP contribution in [0.1, 0.15) is 24.2 Å². The molecule has 0 spiro atoms. The second-order valence-corrected chi connectivity index (χ2v) is 8.14. The summed E-state index contributed by atoms with van der Waals surface area (Å²) >= 11 is 8.73. The highest BCUT2D eigenvalue weighted by molar-refractivity contribution is 9.10. The van der Waals surface area contributed by atoms with Gasteiger partial charge in [0.2, 0.25) is 0 Å². The van der Waals surface area contributed by atoms with Gasteiger partial charge in [-0.15, -0.1) is 0 Å². The maximum absolute atomic E-state index is 12.7. The van der Waals surface area contributed by atoms with Crippen molar-refractivity contribution in [3.8, 4) is 5.75 Å². The minimum Gasteiger partial charge on any atom is -0.492 e. The van der Waals surface area contributed by atoms with Crippen LogP contribution in [0.15, 0.2) is 65.1 Å². The Labute approximate surface area is 178 Å². The highest BCUT2D eigenvalue weighted by atomic mass is 79.9. The molecule has 0 fully saturated rings.